The molecule has 3 heterocycles. The Kier molecular flexibility index (Phi) is 5.10. The zero-order valence-electron chi connectivity index (χ0n) is 17.0. The third-order valence-electron chi connectivity index (χ3n) is 6.79. The summed E-state index contributed by atoms with van der Waals surface area (Å²) in [7, 11) is 0. The van der Waals surface area contributed by atoms with Crippen molar-refractivity contribution in [2.75, 3.05) is 39.5 Å². The van der Waals surface area contributed by atoms with Crippen LogP contribution in [0.4, 0.5) is 0 Å². The second-order valence-electron chi connectivity index (χ2n) is 8.60. The number of fused-ring (bicyclic) bond motifs is 2. The van der Waals surface area contributed by atoms with E-state index >= 15 is 0 Å². The Bertz CT molecular complexity index is 840. The Balaban J connectivity index is 1.13. The molecule has 4 aliphatic rings. The van der Waals surface area contributed by atoms with Crippen molar-refractivity contribution in [2.45, 2.75) is 32.2 Å². The highest BCUT2D eigenvalue weighted by atomic mass is 16.7. The van der Waals surface area contributed by atoms with E-state index in [0.717, 1.165) is 62.4 Å². The second-order valence-corrected chi connectivity index (χ2v) is 8.60. The highest BCUT2D eigenvalue weighted by molar-refractivity contribution is 6.07. The van der Waals surface area contributed by atoms with Gasteiger partial charge in [-0.1, -0.05) is 18.9 Å². The van der Waals surface area contributed by atoms with Crippen LogP contribution >= 0.6 is 0 Å². The first-order chi connectivity index (χ1) is 14.6. The molecule has 1 saturated carbocycles. The van der Waals surface area contributed by atoms with Gasteiger partial charge in [0, 0.05) is 32.7 Å². The summed E-state index contributed by atoms with van der Waals surface area (Å²) in [5, 5.41) is 0. The van der Waals surface area contributed by atoms with Gasteiger partial charge in [0.05, 0.1) is 11.8 Å². The van der Waals surface area contributed by atoms with Gasteiger partial charge in [-0.3, -0.25) is 24.2 Å². The fourth-order valence-electron chi connectivity index (χ4n) is 5.07. The van der Waals surface area contributed by atoms with E-state index in [1.165, 1.54) is 4.90 Å². The van der Waals surface area contributed by atoms with Crippen LogP contribution in [-0.4, -0.2) is 71.9 Å². The minimum atomic E-state index is -0.197. The van der Waals surface area contributed by atoms with E-state index in [1.54, 1.807) is 4.90 Å². The van der Waals surface area contributed by atoms with Crippen molar-refractivity contribution in [3.8, 4) is 11.5 Å². The number of carbonyl (C=O) groups excluding carboxylic acids is 3. The quantitative estimate of drug-likeness (QED) is 0.691. The van der Waals surface area contributed by atoms with Crippen molar-refractivity contribution in [2.24, 2.45) is 11.8 Å². The van der Waals surface area contributed by atoms with Crippen LogP contribution in [0.5, 0.6) is 11.5 Å². The molecule has 5 rings (SSSR count). The Labute approximate surface area is 175 Å². The number of hydrogen-bond acceptors (Lipinski definition) is 6. The minimum absolute atomic E-state index is 0.104. The van der Waals surface area contributed by atoms with E-state index in [4.69, 9.17) is 9.47 Å². The third kappa shape index (κ3) is 3.53. The number of benzene rings is 1. The van der Waals surface area contributed by atoms with Gasteiger partial charge in [0.25, 0.3) is 0 Å². The number of amides is 3. The maximum absolute atomic E-state index is 12.8. The molecule has 3 aliphatic heterocycles. The van der Waals surface area contributed by atoms with Crippen molar-refractivity contribution in [1.29, 1.82) is 0 Å². The number of hydrogen-bond donors (Lipinski definition) is 0. The predicted molar refractivity (Wildman–Crippen MR) is 107 cm³/mol. The number of rotatable bonds is 4. The Hall–Kier alpha value is -2.61. The monoisotopic (exact) mass is 413 g/mol. The molecule has 3 fully saturated rings. The number of carbonyl (C=O) groups is 3. The first-order valence-electron chi connectivity index (χ1n) is 10.8. The number of likely N-dealkylation sites (tertiary alicyclic amines) is 1. The van der Waals surface area contributed by atoms with E-state index in [2.05, 4.69) is 4.90 Å². The molecule has 1 aliphatic carbocycles. The molecule has 3 amide bonds. The van der Waals surface area contributed by atoms with Crippen molar-refractivity contribution in [1.82, 2.24) is 14.7 Å². The summed E-state index contributed by atoms with van der Waals surface area (Å²) < 4.78 is 10.8. The predicted octanol–water partition coefficient (Wildman–Crippen LogP) is 1.23. The molecular weight excluding hydrogens is 386 g/mol. The fraction of sp³-hybridized carbons (Fsp3) is 0.591. The van der Waals surface area contributed by atoms with Crippen LogP contribution in [0.2, 0.25) is 0 Å². The number of imide groups is 1. The van der Waals surface area contributed by atoms with E-state index in [0.29, 0.717) is 13.1 Å². The van der Waals surface area contributed by atoms with Crippen LogP contribution in [-0.2, 0) is 20.9 Å². The Morgan fingerprint density at radius 1 is 0.933 bits per heavy atom. The second kappa shape index (κ2) is 7.91. The molecule has 160 valence electrons. The van der Waals surface area contributed by atoms with Crippen LogP contribution in [0.15, 0.2) is 18.2 Å². The molecule has 0 spiro atoms. The molecule has 30 heavy (non-hydrogen) atoms. The van der Waals surface area contributed by atoms with Crippen molar-refractivity contribution < 1.29 is 23.9 Å². The lowest BCUT2D eigenvalue weighted by Crippen LogP contribution is -2.51. The van der Waals surface area contributed by atoms with Gasteiger partial charge >= 0.3 is 0 Å². The maximum atomic E-state index is 12.8. The number of piperazine rings is 1. The molecule has 0 radical (unpaired) electrons. The van der Waals surface area contributed by atoms with Gasteiger partial charge in [-0.15, -0.1) is 0 Å². The van der Waals surface area contributed by atoms with Crippen LogP contribution < -0.4 is 9.47 Å². The minimum Gasteiger partial charge on any atom is -0.454 e. The largest absolute Gasteiger partial charge is 0.454 e. The molecule has 0 N–H and O–H groups in total. The van der Waals surface area contributed by atoms with Crippen LogP contribution in [0.1, 0.15) is 31.2 Å². The first kappa shape index (κ1) is 19.4. The summed E-state index contributed by atoms with van der Waals surface area (Å²) in [6.07, 6.45) is 3.54. The molecule has 0 unspecified atom stereocenters. The van der Waals surface area contributed by atoms with Gasteiger partial charge in [0.2, 0.25) is 24.5 Å². The van der Waals surface area contributed by atoms with E-state index in [9.17, 15) is 14.4 Å². The molecule has 1 aromatic carbocycles. The van der Waals surface area contributed by atoms with Crippen LogP contribution in [0, 0.1) is 11.8 Å². The highest BCUT2D eigenvalue weighted by Gasteiger charge is 2.48. The molecule has 2 atom stereocenters. The fourth-order valence-corrected chi connectivity index (χ4v) is 5.07. The molecule has 8 nitrogen and oxygen atoms in total. The van der Waals surface area contributed by atoms with Crippen LogP contribution in [0.3, 0.4) is 0 Å². The van der Waals surface area contributed by atoms with Gasteiger partial charge in [-0.2, -0.15) is 0 Å². The van der Waals surface area contributed by atoms with Gasteiger partial charge in [-0.25, -0.2) is 0 Å². The lowest BCUT2D eigenvalue weighted by molar-refractivity contribution is -0.147. The summed E-state index contributed by atoms with van der Waals surface area (Å²) in [6, 6.07) is 5.97. The van der Waals surface area contributed by atoms with Crippen LogP contribution in [0.25, 0.3) is 0 Å². The van der Waals surface area contributed by atoms with Gasteiger partial charge in [0.1, 0.15) is 6.54 Å². The summed E-state index contributed by atoms with van der Waals surface area (Å²) in [4.78, 5) is 43.3. The van der Waals surface area contributed by atoms with Crippen molar-refractivity contribution in [3.05, 3.63) is 23.8 Å². The first-order valence-corrected chi connectivity index (χ1v) is 10.8. The number of nitrogens with zero attached hydrogens (tertiary/aromatic N) is 3. The van der Waals surface area contributed by atoms with Crippen molar-refractivity contribution in [3.63, 3.8) is 0 Å². The molecule has 0 bridgehead atoms. The zero-order valence-corrected chi connectivity index (χ0v) is 17.0. The van der Waals surface area contributed by atoms with Crippen molar-refractivity contribution >= 4 is 17.7 Å². The van der Waals surface area contributed by atoms with Gasteiger partial charge in [-0.05, 0) is 30.5 Å². The highest BCUT2D eigenvalue weighted by Crippen LogP contribution is 2.38. The lowest BCUT2D eigenvalue weighted by atomic mass is 9.81. The molecule has 8 heteroatoms. The summed E-state index contributed by atoms with van der Waals surface area (Å²) in [6.45, 7) is 3.67. The van der Waals surface area contributed by atoms with Gasteiger partial charge in [0.15, 0.2) is 11.5 Å². The van der Waals surface area contributed by atoms with E-state index < -0.39 is 0 Å². The summed E-state index contributed by atoms with van der Waals surface area (Å²) in [5.41, 5.74) is 1.15. The third-order valence-corrected chi connectivity index (χ3v) is 6.79. The standard InChI is InChI=1S/C22H27N3O5/c26-20(13-25-21(27)16-3-1-2-4-17(16)22(25)28)24-9-7-23(8-10-24)12-15-5-6-18-19(11-15)30-14-29-18/h5-6,11,16-17H,1-4,7-10,12-14H2/t16-,17-/m1/s1. The number of ether oxygens (including phenoxy) is 2. The Morgan fingerprint density at radius 3 is 2.30 bits per heavy atom. The topological polar surface area (TPSA) is 79.4 Å². The molecular formula is C22H27N3O5. The SMILES string of the molecule is O=C(CN1C(=O)[C@@H]2CCCC[C@H]2C1=O)N1CCN(Cc2ccc3c(c2)OCO3)CC1. The smallest absolute Gasteiger partial charge is 0.242 e. The maximum Gasteiger partial charge on any atom is 0.242 e. The van der Waals surface area contributed by atoms with E-state index in [-0.39, 0.29) is 42.9 Å². The molecule has 2 saturated heterocycles. The van der Waals surface area contributed by atoms with E-state index in [1.807, 2.05) is 18.2 Å². The summed E-state index contributed by atoms with van der Waals surface area (Å²) in [5.74, 6) is 0.758. The Morgan fingerprint density at radius 2 is 1.60 bits per heavy atom. The average molecular weight is 413 g/mol. The average Bonchev–Trinajstić information content (AvgIpc) is 3.33. The zero-order chi connectivity index (χ0) is 20.7. The molecule has 1 aromatic rings. The molecule has 0 aromatic heterocycles. The lowest BCUT2D eigenvalue weighted by Gasteiger charge is -2.35. The normalized spacial score (nSPS) is 26.3. The van der Waals surface area contributed by atoms with Gasteiger partial charge < -0.3 is 14.4 Å². The summed E-state index contributed by atoms with van der Waals surface area (Å²) >= 11 is 0.